The fraction of sp³-hybridized carbons (Fsp3) is 0.812. The maximum atomic E-state index is 11.9. The van der Waals surface area contributed by atoms with E-state index in [1.165, 1.54) is 0 Å². The molecule has 0 aromatic rings. The van der Waals surface area contributed by atoms with Gasteiger partial charge in [-0.1, -0.05) is 0 Å². The van der Waals surface area contributed by atoms with Crippen molar-refractivity contribution in [3.05, 3.63) is 0 Å². The molecule has 0 spiro atoms. The lowest BCUT2D eigenvalue weighted by Crippen LogP contribution is -2.42. The maximum Gasteiger partial charge on any atom is 0.407 e. The predicted octanol–water partition coefficient (Wildman–Crippen LogP) is 2.56. The van der Waals surface area contributed by atoms with Gasteiger partial charge in [-0.3, -0.25) is 9.59 Å². The van der Waals surface area contributed by atoms with Crippen LogP contribution in [-0.2, 0) is 23.8 Å². The molecule has 0 aliphatic heterocycles. The van der Waals surface area contributed by atoms with E-state index >= 15 is 0 Å². The number of ether oxygens (including phenoxy) is 3. The number of rotatable bonds is 6. The van der Waals surface area contributed by atoms with Crippen molar-refractivity contribution in [1.29, 1.82) is 0 Å². The zero-order chi connectivity index (χ0) is 18.3. The third-order valence-electron chi connectivity index (χ3n) is 2.27. The maximum absolute atomic E-state index is 11.9. The average Bonchev–Trinajstić information content (AvgIpc) is 2.22. The zero-order valence-corrected chi connectivity index (χ0v) is 15.1. The second kappa shape index (κ2) is 8.74. The molecule has 1 amide bonds. The molecule has 0 rings (SSSR count). The molecule has 0 unspecified atom stereocenters. The van der Waals surface area contributed by atoms with E-state index in [1.807, 2.05) is 0 Å². The second-order valence-electron chi connectivity index (χ2n) is 7.14. The largest absolute Gasteiger partial charge is 0.466 e. The van der Waals surface area contributed by atoms with Crippen molar-refractivity contribution in [2.24, 2.45) is 0 Å². The number of amides is 1. The minimum atomic E-state index is -0.751. The molecule has 134 valence electrons. The lowest BCUT2D eigenvalue weighted by molar-refractivity contribution is -0.155. The van der Waals surface area contributed by atoms with Crippen LogP contribution in [0.3, 0.4) is 0 Å². The molecule has 0 fully saturated rings. The summed E-state index contributed by atoms with van der Waals surface area (Å²) >= 11 is 0. The number of nitrogens with one attached hydrogen (secondary N) is 1. The van der Waals surface area contributed by atoms with E-state index in [1.54, 1.807) is 48.5 Å². The first-order chi connectivity index (χ1) is 10.3. The van der Waals surface area contributed by atoms with E-state index in [9.17, 15) is 14.4 Å². The summed E-state index contributed by atoms with van der Waals surface area (Å²) in [6.45, 7) is 12.3. The Morgan fingerprint density at radius 2 is 1.35 bits per heavy atom. The summed E-state index contributed by atoms with van der Waals surface area (Å²) in [6.07, 6.45) is -0.975. The van der Waals surface area contributed by atoms with Crippen LogP contribution >= 0.6 is 0 Å². The summed E-state index contributed by atoms with van der Waals surface area (Å²) in [6, 6.07) is -0.751. The number of carbonyl (C=O) groups excluding carboxylic acids is 3. The Hall–Kier alpha value is -1.79. The summed E-state index contributed by atoms with van der Waals surface area (Å²) in [5.74, 6) is -1.01. The van der Waals surface area contributed by atoms with Gasteiger partial charge in [-0.25, -0.2) is 4.79 Å². The third kappa shape index (κ3) is 12.4. The van der Waals surface area contributed by atoms with Gasteiger partial charge in [0.25, 0.3) is 0 Å². The first kappa shape index (κ1) is 21.2. The number of hydrogen-bond donors (Lipinski definition) is 1. The van der Waals surface area contributed by atoms with Gasteiger partial charge in [-0.2, -0.15) is 0 Å². The Labute approximate surface area is 138 Å². The van der Waals surface area contributed by atoms with Gasteiger partial charge in [-0.15, -0.1) is 0 Å². The summed E-state index contributed by atoms with van der Waals surface area (Å²) in [7, 11) is 0. The normalized spacial score (nSPS) is 13.0. The Balaban J connectivity index is 4.77. The van der Waals surface area contributed by atoms with Crippen LogP contribution < -0.4 is 5.32 Å². The first-order valence-electron chi connectivity index (χ1n) is 7.69. The van der Waals surface area contributed by atoms with E-state index < -0.39 is 35.3 Å². The van der Waals surface area contributed by atoms with Crippen LogP contribution in [0.5, 0.6) is 0 Å². The molecule has 0 aliphatic carbocycles. The molecular formula is C16H29NO6. The standard InChI is InChI=1S/C16H29NO6/c1-8-21-12(18)9-11(10-13(19)22-15(2,3)4)17-14(20)23-16(5,6)7/h11H,8-10H2,1-7H3,(H,17,20)/t11-/m1/s1. The lowest BCUT2D eigenvalue weighted by atomic mass is 10.1. The van der Waals surface area contributed by atoms with Crippen molar-refractivity contribution >= 4 is 18.0 Å². The van der Waals surface area contributed by atoms with Crippen molar-refractivity contribution in [2.75, 3.05) is 6.61 Å². The molecule has 0 aromatic heterocycles. The van der Waals surface area contributed by atoms with E-state index in [4.69, 9.17) is 14.2 Å². The van der Waals surface area contributed by atoms with E-state index in [0.29, 0.717) is 0 Å². The number of esters is 2. The fourth-order valence-corrected chi connectivity index (χ4v) is 1.65. The zero-order valence-electron chi connectivity index (χ0n) is 15.1. The number of alkyl carbamates (subject to hydrolysis) is 1. The minimum absolute atomic E-state index is 0.133. The van der Waals surface area contributed by atoms with E-state index in [2.05, 4.69) is 5.32 Å². The van der Waals surface area contributed by atoms with Gasteiger partial charge >= 0.3 is 18.0 Å². The Morgan fingerprint density at radius 3 is 1.78 bits per heavy atom. The highest BCUT2D eigenvalue weighted by molar-refractivity contribution is 5.76. The molecule has 7 heteroatoms. The molecule has 1 N–H and O–H groups in total. The molecule has 0 aliphatic rings. The SMILES string of the molecule is CCOC(=O)C[C@H](CC(=O)OC(C)(C)C)NC(=O)OC(C)(C)C. The van der Waals surface area contributed by atoms with Crippen molar-refractivity contribution in [1.82, 2.24) is 5.32 Å². The number of carbonyl (C=O) groups is 3. The van der Waals surface area contributed by atoms with Crippen molar-refractivity contribution in [2.45, 2.75) is 78.6 Å². The predicted molar refractivity (Wildman–Crippen MR) is 84.9 cm³/mol. The smallest absolute Gasteiger partial charge is 0.407 e. The molecule has 0 aromatic carbocycles. The Kier molecular flexibility index (Phi) is 8.06. The highest BCUT2D eigenvalue weighted by atomic mass is 16.6. The van der Waals surface area contributed by atoms with Crippen molar-refractivity contribution < 1.29 is 28.6 Å². The highest BCUT2D eigenvalue weighted by Gasteiger charge is 2.26. The van der Waals surface area contributed by atoms with Crippen LogP contribution in [0.1, 0.15) is 61.3 Å². The van der Waals surface area contributed by atoms with Crippen LogP contribution in [0.2, 0.25) is 0 Å². The van der Waals surface area contributed by atoms with Crippen molar-refractivity contribution in [3.8, 4) is 0 Å². The molecule has 0 saturated heterocycles. The van der Waals surface area contributed by atoms with E-state index in [0.717, 1.165) is 0 Å². The molecule has 23 heavy (non-hydrogen) atoms. The highest BCUT2D eigenvalue weighted by Crippen LogP contribution is 2.12. The number of hydrogen-bond acceptors (Lipinski definition) is 6. The van der Waals surface area contributed by atoms with Crippen LogP contribution in [0.25, 0.3) is 0 Å². The van der Waals surface area contributed by atoms with Crippen LogP contribution in [0, 0.1) is 0 Å². The van der Waals surface area contributed by atoms with Gasteiger partial charge in [0.15, 0.2) is 0 Å². The van der Waals surface area contributed by atoms with Crippen molar-refractivity contribution in [3.63, 3.8) is 0 Å². The molecule has 0 saturated carbocycles. The van der Waals surface area contributed by atoms with E-state index in [-0.39, 0.29) is 19.4 Å². The summed E-state index contributed by atoms with van der Waals surface area (Å²) in [5.41, 5.74) is -1.32. The first-order valence-corrected chi connectivity index (χ1v) is 7.69. The quantitative estimate of drug-likeness (QED) is 0.594. The molecule has 7 nitrogen and oxygen atoms in total. The Bertz CT molecular complexity index is 389. The summed E-state index contributed by atoms with van der Waals surface area (Å²) in [4.78, 5) is 35.4. The van der Waals surface area contributed by atoms with Gasteiger partial charge in [0.2, 0.25) is 0 Å². The lowest BCUT2D eigenvalue weighted by Gasteiger charge is -2.24. The van der Waals surface area contributed by atoms with Gasteiger partial charge < -0.3 is 19.5 Å². The van der Waals surface area contributed by atoms with Crippen LogP contribution in [0.15, 0.2) is 0 Å². The molecule has 0 heterocycles. The Morgan fingerprint density at radius 1 is 0.870 bits per heavy atom. The molecule has 1 atom stereocenters. The minimum Gasteiger partial charge on any atom is -0.466 e. The van der Waals surface area contributed by atoms with Gasteiger partial charge in [-0.05, 0) is 48.5 Å². The fourth-order valence-electron chi connectivity index (χ4n) is 1.65. The molecule has 0 radical (unpaired) electrons. The average molecular weight is 331 g/mol. The van der Waals surface area contributed by atoms with Crippen LogP contribution in [0.4, 0.5) is 4.79 Å². The summed E-state index contributed by atoms with van der Waals surface area (Å²) in [5, 5.41) is 2.52. The van der Waals surface area contributed by atoms with Crippen LogP contribution in [-0.4, -0.2) is 41.9 Å². The topological polar surface area (TPSA) is 90.9 Å². The molecule has 0 bridgehead atoms. The monoisotopic (exact) mass is 331 g/mol. The second-order valence-corrected chi connectivity index (χ2v) is 7.14. The van der Waals surface area contributed by atoms with Gasteiger partial charge in [0.1, 0.15) is 11.2 Å². The third-order valence-corrected chi connectivity index (χ3v) is 2.27. The summed E-state index contributed by atoms with van der Waals surface area (Å²) < 4.78 is 15.2. The van der Waals surface area contributed by atoms with Gasteiger partial charge in [0, 0.05) is 0 Å². The molecular weight excluding hydrogens is 302 g/mol. The van der Waals surface area contributed by atoms with Gasteiger partial charge in [0.05, 0.1) is 25.5 Å².